The highest BCUT2D eigenvalue weighted by Crippen LogP contribution is 2.06. The van der Waals surface area contributed by atoms with Crippen LogP contribution in [0.15, 0.2) is 30.3 Å². The second kappa shape index (κ2) is 9.47. The fourth-order valence-corrected chi connectivity index (χ4v) is 2.22. The van der Waals surface area contributed by atoms with E-state index >= 15 is 0 Å². The van der Waals surface area contributed by atoms with Crippen LogP contribution in [0, 0.1) is 0 Å². The zero-order chi connectivity index (χ0) is 15.7. The second-order valence-electron chi connectivity index (χ2n) is 4.90. The van der Waals surface area contributed by atoms with Crippen molar-refractivity contribution in [2.75, 3.05) is 32.7 Å². The van der Waals surface area contributed by atoms with Gasteiger partial charge in [0.2, 0.25) is 0 Å². The molecule has 21 heavy (non-hydrogen) atoms. The number of rotatable bonds is 9. The van der Waals surface area contributed by atoms with Gasteiger partial charge < -0.3 is 15.5 Å². The number of benzene rings is 1. The number of nitrogens with zero attached hydrogens (tertiary/aromatic N) is 2. The third-order valence-corrected chi connectivity index (χ3v) is 3.72. The van der Waals surface area contributed by atoms with Crippen LogP contribution >= 0.6 is 12.2 Å². The van der Waals surface area contributed by atoms with E-state index in [-0.39, 0.29) is 5.91 Å². The number of carbonyl (C=O) groups excluding carboxylic acids is 1. The minimum atomic E-state index is 0.0407. The van der Waals surface area contributed by atoms with Crippen molar-refractivity contribution in [3.05, 3.63) is 35.9 Å². The van der Waals surface area contributed by atoms with Gasteiger partial charge in [-0.25, -0.2) is 0 Å². The minimum absolute atomic E-state index is 0.0407. The molecule has 0 saturated heterocycles. The topological polar surface area (TPSA) is 49.6 Å². The highest BCUT2D eigenvalue weighted by Gasteiger charge is 2.16. The standard InChI is InChI=1S/C16H25N3OS/c1-3-18(4-2)12-13-19(11-10-15(17)21)16(20)14-8-6-5-7-9-14/h5-9H,3-4,10-13H2,1-2H3,(H2,17,21). The van der Waals surface area contributed by atoms with E-state index in [0.717, 1.165) is 19.6 Å². The summed E-state index contributed by atoms with van der Waals surface area (Å²) in [5.74, 6) is 0.0407. The van der Waals surface area contributed by atoms with E-state index in [1.54, 1.807) is 0 Å². The van der Waals surface area contributed by atoms with Crippen molar-refractivity contribution in [3.8, 4) is 0 Å². The van der Waals surface area contributed by atoms with E-state index in [9.17, 15) is 4.79 Å². The molecular formula is C16H25N3OS. The molecule has 0 radical (unpaired) electrons. The predicted molar refractivity (Wildman–Crippen MR) is 91.5 cm³/mol. The Morgan fingerprint density at radius 3 is 2.24 bits per heavy atom. The Kier molecular flexibility index (Phi) is 7.93. The third kappa shape index (κ3) is 6.23. The van der Waals surface area contributed by atoms with Crippen molar-refractivity contribution in [1.82, 2.24) is 9.80 Å². The maximum absolute atomic E-state index is 12.6. The van der Waals surface area contributed by atoms with E-state index in [4.69, 9.17) is 18.0 Å². The molecule has 0 aliphatic heterocycles. The highest BCUT2D eigenvalue weighted by molar-refractivity contribution is 7.80. The predicted octanol–water partition coefficient (Wildman–Crippen LogP) is 2.15. The Morgan fingerprint density at radius 1 is 1.10 bits per heavy atom. The van der Waals surface area contributed by atoms with Gasteiger partial charge in [0.25, 0.3) is 5.91 Å². The van der Waals surface area contributed by atoms with Crippen LogP contribution in [0.5, 0.6) is 0 Å². The van der Waals surface area contributed by atoms with Crippen molar-refractivity contribution in [2.45, 2.75) is 20.3 Å². The van der Waals surface area contributed by atoms with Gasteiger partial charge in [0.05, 0.1) is 4.99 Å². The summed E-state index contributed by atoms with van der Waals surface area (Å²) < 4.78 is 0. The number of thiocarbonyl (C=S) groups is 1. The lowest BCUT2D eigenvalue weighted by molar-refractivity contribution is 0.0742. The molecular weight excluding hydrogens is 282 g/mol. The maximum atomic E-state index is 12.6. The van der Waals surface area contributed by atoms with Crippen LogP contribution in [0.3, 0.4) is 0 Å². The third-order valence-electron chi connectivity index (χ3n) is 3.52. The van der Waals surface area contributed by atoms with Gasteiger partial charge in [-0.15, -0.1) is 0 Å². The summed E-state index contributed by atoms with van der Waals surface area (Å²) in [6.07, 6.45) is 0.562. The first-order valence-corrected chi connectivity index (χ1v) is 7.84. The quantitative estimate of drug-likeness (QED) is 0.710. The average molecular weight is 307 g/mol. The molecule has 1 amide bonds. The molecule has 116 valence electrons. The van der Waals surface area contributed by atoms with Crippen molar-refractivity contribution in [2.24, 2.45) is 5.73 Å². The molecule has 0 aromatic heterocycles. The van der Waals surface area contributed by atoms with Gasteiger partial charge in [0.1, 0.15) is 0 Å². The summed E-state index contributed by atoms with van der Waals surface area (Å²) in [5, 5.41) is 0. The van der Waals surface area contributed by atoms with Crippen LogP contribution in [0.25, 0.3) is 0 Å². The number of hydrogen-bond acceptors (Lipinski definition) is 3. The number of amides is 1. The molecule has 0 unspecified atom stereocenters. The zero-order valence-electron chi connectivity index (χ0n) is 12.9. The van der Waals surface area contributed by atoms with Crippen LogP contribution in [0.1, 0.15) is 30.6 Å². The molecule has 1 rings (SSSR count). The lowest BCUT2D eigenvalue weighted by atomic mass is 10.2. The van der Waals surface area contributed by atoms with Crippen LogP contribution in [-0.4, -0.2) is 53.4 Å². The van der Waals surface area contributed by atoms with Crippen LogP contribution in [0.2, 0.25) is 0 Å². The molecule has 0 aliphatic rings. The number of likely N-dealkylation sites (N-methyl/N-ethyl adjacent to an activating group) is 1. The van der Waals surface area contributed by atoms with E-state index in [1.807, 2.05) is 35.2 Å². The SMILES string of the molecule is CCN(CC)CCN(CCC(N)=S)C(=O)c1ccccc1. The highest BCUT2D eigenvalue weighted by atomic mass is 32.1. The Hall–Kier alpha value is -1.46. The monoisotopic (exact) mass is 307 g/mol. The Labute approximate surface area is 132 Å². The van der Waals surface area contributed by atoms with Crippen molar-refractivity contribution in [3.63, 3.8) is 0 Å². The van der Waals surface area contributed by atoms with Crippen LogP contribution in [0.4, 0.5) is 0 Å². The molecule has 0 fully saturated rings. The summed E-state index contributed by atoms with van der Waals surface area (Å²) in [6, 6.07) is 9.35. The molecule has 0 heterocycles. The normalized spacial score (nSPS) is 10.6. The molecule has 1 aromatic rings. The Bertz CT molecular complexity index is 446. The zero-order valence-corrected chi connectivity index (χ0v) is 13.7. The molecule has 0 aliphatic carbocycles. The maximum Gasteiger partial charge on any atom is 0.253 e. The molecule has 0 spiro atoms. The Balaban J connectivity index is 2.71. The van der Waals surface area contributed by atoms with E-state index < -0.39 is 0 Å². The first-order valence-electron chi connectivity index (χ1n) is 7.43. The van der Waals surface area contributed by atoms with Gasteiger partial charge in [-0.3, -0.25) is 4.79 Å². The lowest BCUT2D eigenvalue weighted by Gasteiger charge is -2.26. The summed E-state index contributed by atoms with van der Waals surface area (Å²) in [4.78, 5) is 17.2. The first-order chi connectivity index (χ1) is 10.1. The number of carbonyl (C=O) groups is 1. The van der Waals surface area contributed by atoms with E-state index in [2.05, 4.69) is 18.7 Å². The minimum Gasteiger partial charge on any atom is -0.393 e. The van der Waals surface area contributed by atoms with Crippen LogP contribution in [-0.2, 0) is 0 Å². The molecule has 0 saturated carbocycles. The Morgan fingerprint density at radius 2 is 1.71 bits per heavy atom. The van der Waals surface area contributed by atoms with Gasteiger partial charge in [0, 0.05) is 31.6 Å². The fourth-order valence-electron chi connectivity index (χ4n) is 2.13. The molecule has 2 N–H and O–H groups in total. The lowest BCUT2D eigenvalue weighted by Crippen LogP contribution is -2.40. The molecule has 0 bridgehead atoms. The van der Waals surface area contributed by atoms with E-state index in [0.29, 0.717) is 30.1 Å². The van der Waals surface area contributed by atoms with Gasteiger partial charge in [-0.1, -0.05) is 44.3 Å². The van der Waals surface area contributed by atoms with Gasteiger partial charge >= 0.3 is 0 Å². The summed E-state index contributed by atoms with van der Waals surface area (Å²) in [7, 11) is 0. The molecule has 5 heteroatoms. The van der Waals surface area contributed by atoms with Crippen LogP contribution < -0.4 is 5.73 Å². The summed E-state index contributed by atoms with van der Waals surface area (Å²) >= 11 is 4.93. The smallest absolute Gasteiger partial charge is 0.253 e. The number of nitrogens with two attached hydrogens (primary N) is 1. The average Bonchev–Trinajstić information content (AvgIpc) is 2.51. The van der Waals surface area contributed by atoms with Crippen molar-refractivity contribution < 1.29 is 4.79 Å². The molecule has 1 aromatic carbocycles. The van der Waals surface area contributed by atoms with E-state index in [1.165, 1.54) is 0 Å². The number of hydrogen-bond donors (Lipinski definition) is 1. The largest absolute Gasteiger partial charge is 0.393 e. The van der Waals surface area contributed by atoms with Crippen molar-refractivity contribution in [1.29, 1.82) is 0 Å². The summed E-state index contributed by atoms with van der Waals surface area (Å²) in [6.45, 7) is 8.35. The van der Waals surface area contributed by atoms with Crippen molar-refractivity contribution >= 4 is 23.1 Å². The van der Waals surface area contributed by atoms with Gasteiger partial charge in [0.15, 0.2) is 0 Å². The second-order valence-corrected chi connectivity index (χ2v) is 5.43. The molecule has 0 atom stereocenters. The fraction of sp³-hybridized carbons (Fsp3) is 0.500. The summed E-state index contributed by atoms with van der Waals surface area (Å²) in [5.41, 5.74) is 6.28. The van der Waals surface area contributed by atoms with Gasteiger partial charge in [-0.05, 0) is 25.2 Å². The first kappa shape index (κ1) is 17.6. The van der Waals surface area contributed by atoms with Gasteiger partial charge in [-0.2, -0.15) is 0 Å². The molecule has 4 nitrogen and oxygen atoms in total.